The summed E-state index contributed by atoms with van der Waals surface area (Å²) in [5.41, 5.74) is 0.528. The Morgan fingerprint density at radius 3 is 2.41 bits per heavy atom. The van der Waals surface area contributed by atoms with Crippen molar-refractivity contribution < 1.29 is 13.7 Å². The third-order valence-electron chi connectivity index (χ3n) is 6.28. The van der Waals surface area contributed by atoms with Gasteiger partial charge in [0.2, 0.25) is 0 Å². The van der Waals surface area contributed by atoms with E-state index in [1.165, 1.54) is 0 Å². The number of pyridine rings is 1. The number of hydrogen-bond donors (Lipinski definition) is 0. The summed E-state index contributed by atoms with van der Waals surface area (Å²) in [4.78, 5) is 6.61. The van der Waals surface area contributed by atoms with Gasteiger partial charge in [-0.1, -0.05) is 0 Å². The van der Waals surface area contributed by atoms with E-state index in [4.69, 9.17) is 13.7 Å². The van der Waals surface area contributed by atoms with Crippen molar-refractivity contribution in [3.8, 4) is 11.3 Å². The van der Waals surface area contributed by atoms with Crippen LogP contribution in [0.25, 0.3) is 11.3 Å². The van der Waals surface area contributed by atoms with Crippen molar-refractivity contribution in [2.24, 2.45) is 0 Å². The highest BCUT2D eigenvalue weighted by atomic mass is 16.7. The molecule has 0 spiro atoms. The largest absolute Gasteiger partial charge is 0.461 e. The Morgan fingerprint density at radius 1 is 1.07 bits per heavy atom. The van der Waals surface area contributed by atoms with Crippen molar-refractivity contribution in [1.29, 1.82) is 0 Å². The number of piperidine rings is 1. The molecule has 0 N–H and O–H groups in total. The summed E-state index contributed by atoms with van der Waals surface area (Å²) in [6.45, 7) is 11.4. The molecule has 0 bridgehead atoms. The van der Waals surface area contributed by atoms with Crippen LogP contribution in [0.5, 0.6) is 0 Å². The zero-order valence-electron chi connectivity index (χ0n) is 16.8. The first-order chi connectivity index (χ1) is 12.8. The van der Waals surface area contributed by atoms with E-state index in [0.717, 1.165) is 49.6 Å². The van der Waals surface area contributed by atoms with Gasteiger partial charge < -0.3 is 13.7 Å². The molecule has 2 aliphatic rings. The van der Waals surface area contributed by atoms with Crippen molar-refractivity contribution in [3.05, 3.63) is 42.4 Å². The van der Waals surface area contributed by atoms with Crippen LogP contribution in [0.4, 0.5) is 0 Å². The first kappa shape index (κ1) is 18.7. The van der Waals surface area contributed by atoms with Crippen LogP contribution in [0.3, 0.4) is 0 Å². The smallest absolute Gasteiger partial charge is 0.460 e. The Bertz CT molecular complexity index is 751. The van der Waals surface area contributed by atoms with Gasteiger partial charge in [0, 0.05) is 18.0 Å². The highest BCUT2D eigenvalue weighted by molar-refractivity contribution is 6.47. The fraction of sp³-hybridized carbons (Fsp3) is 0.571. The molecule has 0 aromatic carbocycles. The molecule has 4 rings (SSSR count). The van der Waals surface area contributed by atoms with Gasteiger partial charge in [-0.2, -0.15) is 0 Å². The third-order valence-corrected chi connectivity index (χ3v) is 6.28. The molecule has 4 heterocycles. The van der Waals surface area contributed by atoms with Crippen LogP contribution in [0, 0.1) is 0 Å². The second kappa shape index (κ2) is 7.08. The van der Waals surface area contributed by atoms with E-state index < -0.39 is 0 Å². The van der Waals surface area contributed by atoms with Gasteiger partial charge in [-0.3, -0.25) is 9.88 Å². The van der Waals surface area contributed by atoms with Gasteiger partial charge in [0.15, 0.2) is 0 Å². The van der Waals surface area contributed by atoms with Crippen LogP contribution in [-0.4, -0.2) is 41.3 Å². The number of aromatic nitrogens is 1. The Labute approximate surface area is 162 Å². The fourth-order valence-electron chi connectivity index (χ4n) is 3.81. The topological polar surface area (TPSA) is 47.7 Å². The second-order valence-corrected chi connectivity index (χ2v) is 8.75. The quantitative estimate of drug-likeness (QED) is 0.749. The minimum absolute atomic E-state index is 0.0852. The highest BCUT2D eigenvalue weighted by Gasteiger charge is 2.53. The number of hydrogen-bond acceptors (Lipinski definition) is 5. The summed E-state index contributed by atoms with van der Waals surface area (Å²) in [6.07, 6.45) is 5.79. The molecule has 144 valence electrons. The average Bonchev–Trinajstić information content (AvgIpc) is 3.18. The van der Waals surface area contributed by atoms with Crippen LogP contribution in [0.1, 0.15) is 46.3 Å². The number of furan rings is 1. The first-order valence-electron chi connectivity index (χ1n) is 9.91. The summed E-state index contributed by atoms with van der Waals surface area (Å²) in [5, 5.41) is 0. The van der Waals surface area contributed by atoms with E-state index >= 15 is 0 Å². The molecule has 2 aromatic heterocycles. The lowest BCUT2D eigenvalue weighted by Gasteiger charge is -2.32. The Morgan fingerprint density at radius 2 is 1.78 bits per heavy atom. The lowest BCUT2D eigenvalue weighted by atomic mass is 9.67. The van der Waals surface area contributed by atoms with Crippen molar-refractivity contribution in [2.45, 2.75) is 64.1 Å². The molecule has 0 atom stereocenters. The maximum atomic E-state index is 6.24. The van der Waals surface area contributed by atoms with Crippen molar-refractivity contribution in [1.82, 2.24) is 9.88 Å². The first-order valence-corrected chi connectivity index (χ1v) is 9.91. The van der Waals surface area contributed by atoms with E-state index in [-0.39, 0.29) is 18.3 Å². The summed E-state index contributed by atoms with van der Waals surface area (Å²) in [6, 6.07) is 8.05. The predicted octanol–water partition coefficient (Wildman–Crippen LogP) is 4.40. The third kappa shape index (κ3) is 3.84. The molecule has 5 nitrogen and oxygen atoms in total. The van der Waals surface area contributed by atoms with E-state index in [1.54, 1.807) is 6.20 Å². The molecule has 2 aliphatic heterocycles. The monoisotopic (exact) mass is 368 g/mol. The second-order valence-electron chi connectivity index (χ2n) is 8.75. The number of rotatable bonds is 4. The standard InChI is InChI=1S/C21H29BN2O3/c1-20(2)21(3,4)27-22(26-20)17-9-12-24(13-10-17)15-18-7-8-19(25-18)16-6-5-11-23-14-16/h5-8,11,14,17H,9-10,12-13,15H2,1-4H3. The van der Waals surface area contributed by atoms with Crippen LogP contribution in [-0.2, 0) is 15.9 Å². The Hall–Kier alpha value is -1.63. The van der Waals surface area contributed by atoms with Crippen LogP contribution < -0.4 is 0 Å². The molecule has 2 aromatic rings. The normalized spacial score (nSPS) is 23.0. The minimum Gasteiger partial charge on any atom is -0.460 e. The van der Waals surface area contributed by atoms with Gasteiger partial charge in [0.25, 0.3) is 0 Å². The maximum absolute atomic E-state index is 6.24. The van der Waals surface area contributed by atoms with Crippen LogP contribution in [0.2, 0.25) is 5.82 Å². The molecular formula is C21H29BN2O3. The molecular weight excluding hydrogens is 339 g/mol. The molecule has 0 unspecified atom stereocenters. The highest BCUT2D eigenvalue weighted by Crippen LogP contribution is 2.42. The van der Waals surface area contributed by atoms with Gasteiger partial charge in [0.05, 0.1) is 17.7 Å². The molecule has 0 saturated carbocycles. The molecule has 2 saturated heterocycles. The molecule has 0 radical (unpaired) electrons. The zero-order valence-corrected chi connectivity index (χ0v) is 16.8. The zero-order chi connectivity index (χ0) is 19.1. The Kier molecular flexibility index (Phi) is 4.91. The number of nitrogens with zero attached hydrogens (tertiary/aromatic N) is 2. The molecule has 6 heteroatoms. The molecule has 0 amide bonds. The summed E-state index contributed by atoms with van der Waals surface area (Å²) in [7, 11) is -0.0852. The fourth-order valence-corrected chi connectivity index (χ4v) is 3.81. The van der Waals surface area contributed by atoms with Crippen molar-refractivity contribution in [2.75, 3.05) is 13.1 Å². The summed E-state index contributed by atoms with van der Waals surface area (Å²) in [5.74, 6) is 2.35. The Balaban J connectivity index is 1.31. The molecule has 27 heavy (non-hydrogen) atoms. The van der Waals surface area contributed by atoms with Gasteiger partial charge in [0.1, 0.15) is 11.5 Å². The van der Waals surface area contributed by atoms with E-state index in [1.807, 2.05) is 24.4 Å². The average molecular weight is 368 g/mol. The lowest BCUT2D eigenvalue weighted by Crippen LogP contribution is -2.41. The van der Waals surface area contributed by atoms with Crippen LogP contribution in [0.15, 0.2) is 41.1 Å². The van der Waals surface area contributed by atoms with E-state index in [9.17, 15) is 0 Å². The van der Waals surface area contributed by atoms with Crippen LogP contribution >= 0.6 is 0 Å². The molecule has 0 aliphatic carbocycles. The van der Waals surface area contributed by atoms with Gasteiger partial charge >= 0.3 is 7.12 Å². The SMILES string of the molecule is CC1(C)OB(C2CCN(Cc3ccc(-c4cccnc4)o3)CC2)OC1(C)C. The minimum atomic E-state index is -0.244. The number of likely N-dealkylation sites (tertiary alicyclic amines) is 1. The molecule has 2 fully saturated rings. The van der Waals surface area contributed by atoms with E-state index in [0.29, 0.717) is 5.82 Å². The van der Waals surface area contributed by atoms with Crippen molar-refractivity contribution >= 4 is 7.12 Å². The predicted molar refractivity (Wildman–Crippen MR) is 106 cm³/mol. The summed E-state index contributed by atoms with van der Waals surface area (Å²) >= 11 is 0. The van der Waals surface area contributed by atoms with Gasteiger partial charge in [-0.15, -0.1) is 0 Å². The van der Waals surface area contributed by atoms with Gasteiger partial charge in [-0.25, -0.2) is 0 Å². The maximum Gasteiger partial charge on any atom is 0.461 e. The van der Waals surface area contributed by atoms with E-state index in [2.05, 4.69) is 43.6 Å². The summed E-state index contributed by atoms with van der Waals surface area (Å²) < 4.78 is 18.5. The van der Waals surface area contributed by atoms with Gasteiger partial charge in [-0.05, 0) is 83.7 Å². The lowest BCUT2D eigenvalue weighted by molar-refractivity contribution is 0.00578. The van der Waals surface area contributed by atoms with Crippen molar-refractivity contribution in [3.63, 3.8) is 0 Å².